The summed E-state index contributed by atoms with van der Waals surface area (Å²) in [4.78, 5) is 23.8. The van der Waals surface area contributed by atoms with Gasteiger partial charge in [-0.15, -0.1) is 0 Å². The van der Waals surface area contributed by atoms with Gasteiger partial charge in [0.1, 0.15) is 16.9 Å². The number of oxazole rings is 1. The Kier molecular flexibility index (Phi) is 3.53. The van der Waals surface area contributed by atoms with Crippen molar-refractivity contribution in [3.05, 3.63) is 54.3 Å². The Balaban J connectivity index is 1.58. The molecule has 0 N–H and O–H groups in total. The van der Waals surface area contributed by atoms with Crippen LogP contribution in [0.15, 0.2) is 47.1 Å². The van der Waals surface area contributed by atoms with Gasteiger partial charge in [-0.2, -0.15) is 0 Å². The Bertz CT molecular complexity index is 1170. The third kappa shape index (κ3) is 2.60. The summed E-state index contributed by atoms with van der Waals surface area (Å²) < 4.78 is 7.45. The van der Waals surface area contributed by atoms with Crippen LogP contribution in [0.1, 0.15) is 36.1 Å². The van der Waals surface area contributed by atoms with E-state index in [2.05, 4.69) is 16.9 Å². The standard InChI is InChI=1S/C21H20N4O2/c1-13-4-3-9-24(13)21(26)18-11-22-20-8-6-16(12-25(18)20)15-5-7-19-17(10-15)23-14(2)27-19/h5-8,10-13H,3-4,9H2,1-2H3/t13-/m1/s1. The summed E-state index contributed by atoms with van der Waals surface area (Å²) in [7, 11) is 0. The van der Waals surface area contributed by atoms with Gasteiger partial charge in [0, 0.05) is 25.7 Å². The first-order valence-electron chi connectivity index (χ1n) is 9.26. The van der Waals surface area contributed by atoms with Crippen molar-refractivity contribution in [1.82, 2.24) is 19.3 Å². The van der Waals surface area contributed by atoms with Crippen LogP contribution in [0, 0.1) is 6.92 Å². The van der Waals surface area contributed by atoms with Crippen LogP contribution in [0.2, 0.25) is 0 Å². The van der Waals surface area contributed by atoms with Crippen molar-refractivity contribution in [3.63, 3.8) is 0 Å². The molecule has 1 atom stereocenters. The van der Waals surface area contributed by atoms with E-state index in [1.807, 2.05) is 52.8 Å². The molecular formula is C21H20N4O2. The summed E-state index contributed by atoms with van der Waals surface area (Å²) in [5.74, 6) is 0.701. The van der Waals surface area contributed by atoms with E-state index in [1.54, 1.807) is 6.20 Å². The minimum absolute atomic E-state index is 0.0484. The van der Waals surface area contributed by atoms with Crippen LogP contribution < -0.4 is 0 Å². The highest BCUT2D eigenvalue weighted by atomic mass is 16.3. The zero-order valence-corrected chi connectivity index (χ0v) is 15.3. The molecule has 1 aliphatic rings. The van der Waals surface area contributed by atoms with E-state index in [9.17, 15) is 4.79 Å². The average molecular weight is 360 g/mol. The molecule has 1 saturated heterocycles. The summed E-state index contributed by atoms with van der Waals surface area (Å²) in [5.41, 5.74) is 5.02. The Morgan fingerprint density at radius 2 is 2.07 bits per heavy atom. The normalized spacial score (nSPS) is 17.3. The molecule has 1 aromatic carbocycles. The largest absolute Gasteiger partial charge is 0.441 e. The molecule has 0 radical (unpaired) electrons. The topological polar surface area (TPSA) is 63.6 Å². The lowest BCUT2D eigenvalue weighted by atomic mass is 10.1. The van der Waals surface area contributed by atoms with E-state index in [4.69, 9.17) is 4.42 Å². The van der Waals surface area contributed by atoms with Crippen molar-refractivity contribution in [3.8, 4) is 11.1 Å². The van der Waals surface area contributed by atoms with E-state index < -0.39 is 0 Å². The number of amides is 1. The molecule has 1 amide bonds. The van der Waals surface area contributed by atoms with Gasteiger partial charge in [0.15, 0.2) is 11.5 Å². The van der Waals surface area contributed by atoms with Crippen molar-refractivity contribution in [2.75, 3.05) is 6.54 Å². The number of benzene rings is 1. The number of aryl methyl sites for hydroxylation is 1. The van der Waals surface area contributed by atoms with Gasteiger partial charge in [-0.3, -0.25) is 9.20 Å². The Morgan fingerprint density at radius 1 is 1.22 bits per heavy atom. The molecule has 6 heteroatoms. The zero-order valence-electron chi connectivity index (χ0n) is 15.3. The number of rotatable bonds is 2. The number of nitrogens with zero attached hydrogens (tertiary/aromatic N) is 4. The fourth-order valence-electron chi connectivity index (χ4n) is 3.91. The summed E-state index contributed by atoms with van der Waals surface area (Å²) in [6.45, 7) is 4.76. The van der Waals surface area contributed by atoms with Crippen molar-refractivity contribution >= 4 is 22.7 Å². The van der Waals surface area contributed by atoms with E-state index in [-0.39, 0.29) is 11.9 Å². The average Bonchev–Trinajstić information content (AvgIpc) is 3.36. The van der Waals surface area contributed by atoms with Crippen molar-refractivity contribution in [2.24, 2.45) is 0 Å². The van der Waals surface area contributed by atoms with Gasteiger partial charge in [0.25, 0.3) is 5.91 Å². The molecule has 5 rings (SSSR count). The minimum Gasteiger partial charge on any atom is -0.441 e. The molecule has 1 aliphatic heterocycles. The predicted octanol–water partition coefficient (Wildman–Crippen LogP) is 4.08. The number of carbonyl (C=O) groups is 1. The number of carbonyl (C=O) groups excluding carboxylic acids is 1. The first-order valence-corrected chi connectivity index (χ1v) is 9.26. The maximum atomic E-state index is 13.0. The highest BCUT2D eigenvalue weighted by molar-refractivity contribution is 5.94. The number of fused-ring (bicyclic) bond motifs is 2. The first kappa shape index (κ1) is 16.1. The molecule has 3 aromatic heterocycles. The summed E-state index contributed by atoms with van der Waals surface area (Å²) in [6.07, 6.45) is 5.78. The van der Waals surface area contributed by atoms with Crippen LogP contribution in [-0.4, -0.2) is 37.8 Å². The van der Waals surface area contributed by atoms with Crippen LogP contribution in [0.5, 0.6) is 0 Å². The minimum atomic E-state index is 0.0484. The molecular weight excluding hydrogens is 340 g/mol. The fourth-order valence-corrected chi connectivity index (χ4v) is 3.91. The van der Waals surface area contributed by atoms with Gasteiger partial charge in [0.05, 0.1) is 6.20 Å². The van der Waals surface area contributed by atoms with Crippen molar-refractivity contribution in [1.29, 1.82) is 0 Å². The molecule has 0 aliphatic carbocycles. The van der Waals surface area contributed by atoms with Gasteiger partial charge in [-0.05, 0) is 55.2 Å². The van der Waals surface area contributed by atoms with Crippen LogP contribution in [-0.2, 0) is 0 Å². The predicted molar refractivity (Wildman–Crippen MR) is 103 cm³/mol. The van der Waals surface area contributed by atoms with Crippen molar-refractivity contribution < 1.29 is 9.21 Å². The fraction of sp³-hybridized carbons (Fsp3) is 0.286. The molecule has 4 heterocycles. The maximum Gasteiger partial charge on any atom is 0.272 e. The van der Waals surface area contributed by atoms with E-state index >= 15 is 0 Å². The third-order valence-electron chi connectivity index (χ3n) is 5.37. The second-order valence-corrected chi connectivity index (χ2v) is 7.19. The number of imidazole rings is 1. The monoisotopic (exact) mass is 360 g/mol. The quantitative estimate of drug-likeness (QED) is 0.540. The smallest absolute Gasteiger partial charge is 0.272 e. The Hall–Kier alpha value is -3.15. The van der Waals surface area contributed by atoms with E-state index in [1.165, 1.54) is 0 Å². The van der Waals surface area contributed by atoms with Gasteiger partial charge in [-0.25, -0.2) is 9.97 Å². The molecule has 27 heavy (non-hydrogen) atoms. The highest BCUT2D eigenvalue weighted by Gasteiger charge is 2.28. The molecule has 136 valence electrons. The van der Waals surface area contributed by atoms with Gasteiger partial charge < -0.3 is 9.32 Å². The van der Waals surface area contributed by atoms with Gasteiger partial charge >= 0.3 is 0 Å². The van der Waals surface area contributed by atoms with Crippen LogP contribution in [0.4, 0.5) is 0 Å². The third-order valence-corrected chi connectivity index (χ3v) is 5.37. The number of likely N-dealkylation sites (tertiary alicyclic amines) is 1. The second-order valence-electron chi connectivity index (χ2n) is 7.19. The summed E-state index contributed by atoms with van der Waals surface area (Å²) in [5, 5.41) is 0. The number of hydrogen-bond donors (Lipinski definition) is 0. The molecule has 6 nitrogen and oxygen atoms in total. The number of aromatic nitrogens is 3. The van der Waals surface area contributed by atoms with Crippen molar-refractivity contribution in [2.45, 2.75) is 32.7 Å². The number of hydrogen-bond acceptors (Lipinski definition) is 4. The Morgan fingerprint density at radius 3 is 2.89 bits per heavy atom. The molecule has 4 aromatic rings. The van der Waals surface area contributed by atoms with Crippen LogP contribution in [0.25, 0.3) is 27.9 Å². The van der Waals surface area contributed by atoms with E-state index in [0.29, 0.717) is 11.6 Å². The lowest BCUT2D eigenvalue weighted by Gasteiger charge is -2.21. The second kappa shape index (κ2) is 5.94. The first-order chi connectivity index (χ1) is 13.1. The molecule has 0 bridgehead atoms. The van der Waals surface area contributed by atoms with E-state index in [0.717, 1.165) is 47.3 Å². The van der Waals surface area contributed by atoms with Crippen LogP contribution >= 0.6 is 0 Å². The van der Waals surface area contributed by atoms with Gasteiger partial charge in [0.2, 0.25) is 0 Å². The number of pyridine rings is 1. The highest BCUT2D eigenvalue weighted by Crippen LogP contribution is 2.26. The van der Waals surface area contributed by atoms with Crippen LogP contribution in [0.3, 0.4) is 0 Å². The lowest BCUT2D eigenvalue weighted by molar-refractivity contribution is 0.0740. The lowest BCUT2D eigenvalue weighted by Crippen LogP contribution is -2.34. The maximum absolute atomic E-state index is 13.0. The molecule has 0 saturated carbocycles. The molecule has 0 spiro atoms. The van der Waals surface area contributed by atoms with Gasteiger partial charge in [-0.1, -0.05) is 6.07 Å². The summed E-state index contributed by atoms with van der Waals surface area (Å²) >= 11 is 0. The summed E-state index contributed by atoms with van der Waals surface area (Å²) in [6, 6.07) is 10.2. The SMILES string of the molecule is Cc1nc2cc(-c3ccc4ncc(C(=O)N5CCC[C@H]5C)n4c3)ccc2o1. The Labute approximate surface area is 156 Å². The zero-order chi connectivity index (χ0) is 18.5. The molecule has 1 fully saturated rings. The molecule has 0 unspecified atom stereocenters.